The molecule has 7 nitrogen and oxygen atoms in total. The largest absolute Gasteiger partial charge is 0.493 e. The van der Waals surface area contributed by atoms with Gasteiger partial charge in [-0.2, -0.15) is 0 Å². The quantitative estimate of drug-likeness (QED) is 0.844. The van der Waals surface area contributed by atoms with Crippen molar-refractivity contribution in [3.63, 3.8) is 0 Å². The molecule has 0 N–H and O–H groups in total. The zero-order valence-corrected chi connectivity index (χ0v) is 15.2. The van der Waals surface area contributed by atoms with Crippen molar-refractivity contribution >= 4 is 22.6 Å². The van der Waals surface area contributed by atoms with Crippen LogP contribution in [0, 0.1) is 5.92 Å². The number of aromatic nitrogens is 2. The minimum Gasteiger partial charge on any atom is -0.493 e. The fourth-order valence-electron chi connectivity index (χ4n) is 3.36. The zero-order chi connectivity index (χ0) is 18.0. The molecule has 0 radical (unpaired) electrons. The van der Waals surface area contributed by atoms with Crippen LogP contribution in [0.4, 0.5) is 5.82 Å². The molecule has 1 aromatic heterocycles. The summed E-state index contributed by atoms with van der Waals surface area (Å²) in [5, 5.41) is 0.901. The van der Waals surface area contributed by atoms with Gasteiger partial charge in [-0.3, -0.25) is 4.79 Å². The van der Waals surface area contributed by atoms with E-state index in [9.17, 15) is 4.79 Å². The van der Waals surface area contributed by atoms with Crippen LogP contribution >= 0.6 is 0 Å². The fourth-order valence-corrected chi connectivity index (χ4v) is 3.36. The number of anilines is 1. The Morgan fingerprint density at radius 1 is 1.20 bits per heavy atom. The SMILES string of the molecule is COc1cc2ncnc(N3CCCC(C(=O)N(C)C)C3)c2cc1OC. The van der Waals surface area contributed by atoms with Crippen LogP contribution < -0.4 is 14.4 Å². The molecule has 1 atom stereocenters. The first-order chi connectivity index (χ1) is 12.0. The lowest BCUT2D eigenvalue weighted by Gasteiger charge is -2.34. The summed E-state index contributed by atoms with van der Waals surface area (Å²) in [4.78, 5) is 25.0. The zero-order valence-electron chi connectivity index (χ0n) is 15.2. The molecule has 1 saturated heterocycles. The number of benzene rings is 1. The van der Waals surface area contributed by atoms with Crippen LogP contribution in [0.15, 0.2) is 18.5 Å². The van der Waals surface area contributed by atoms with Gasteiger partial charge in [0.05, 0.1) is 25.7 Å². The average Bonchev–Trinajstić information content (AvgIpc) is 2.65. The van der Waals surface area contributed by atoms with Crippen molar-refractivity contribution in [3.05, 3.63) is 18.5 Å². The smallest absolute Gasteiger partial charge is 0.226 e. The van der Waals surface area contributed by atoms with Gasteiger partial charge in [-0.1, -0.05) is 0 Å². The summed E-state index contributed by atoms with van der Waals surface area (Å²) in [6.45, 7) is 1.54. The topological polar surface area (TPSA) is 67.8 Å². The van der Waals surface area contributed by atoms with Gasteiger partial charge >= 0.3 is 0 Å². The number of piperidine rings is 1. The Kier molecular flexibility index (Phi) is 4.92. The lowest BCUT2D eigenvalue weighted by Crippen LogP contribution is -2.43. The van der Waals surface area contributed by atoms with E-state index in [1.54, 1.807) is 39.5 Å². The van der Waals surface area contributed by atoms with Crippen LogP contribution in [0.3, 0.4) is 0 Å². The van der Waals surface area contributed by atoms with Crippen LogP contribution in [0.1, 0.15) is 12.8 Å². The van der Waals surface area contributed by atoms with E-state index in [0.717, 1.165) is 36.1 Å². The molecule has 1 aliphatic heterocycles. The first-order valence-corrected chi connectivity index (χ1v) is 8.38. The van der Waals surface area contributed by atoms with Gasteiger partial charge in [-0.25, -0.2) is 9.97 Å². The second-order valence-electron chi connectivity index (χ2n) is 6.44. The third-order valence-electron chi connectivity index (χ3n) is 4.63. The van der Waals surface area contributed by atoms with Gasteiger partial charge in [0.15, 0.2) is 11.5 Å². The summed E-state index contributed by atoms with van der Waals surface area (Å²) in [7, 11) is 6.82. The van der Waals surface area contributed by atoms with E-state index in [-0.39, 0.29) is 11.8 Å². The molecule has 1 aliphatic rings. The number of amides is 1. The van der Waals surface area contributed by atoms with E-state index in [1.807, 2.05) is 12.1 Å². The number of carbonyl (C=O) groups excluding carboxylic acids is 1. The summed E-state index contributed by atoms with van der Waals surface area (Å²) in [6, 6.07) is 3.76. The number of fused-ring (bicyclic) bond motifs is 1. The van der Waals surface area contributed by atoms with Crippen LogP contribution in [0.2, 0.25) is 0 Å². The number of rotatable bonds is 4. The number of methoxy groups -OCH3 is 2. The first-order valence-electron chi connectivity index (χ1n) is 8.38. The van der Waals surface area contributed by atoms with Crippen molar-refractivity contribution in [1.82, 2.24) is 14.9 Å². The average molecular weight is 344 g/mol. The van der Waals surface area contributed by atoms with Gasteiger partial charge in [0.25, 0.3) is 0 Å². The molecular weight excluding hydrogens is 320 g/mol. The van der Waals surface area contributed by atoms with E-state index in [1.165, 1.54) is 0 Å². The van der Waals surface area contributed by atoms with E-state index in [0.29, 0.717) is 18.0 Å². The van der Waals surface area contributed by atoms with Crippen molar-refractivity contribution in [2.75, 3.05) is 46.3 Å². The van der Waals surface area contributed by atoms with Crippen molar-refractivity contribution in [1.29, 1.82) is 0 Å². The molecule has 0 aliphatic carbocycles. The molecule has 7 heteroatoms. The number of hydrogen-bond acceptors (Lipinski definition) is 6. The molecular formula is C18H24N4O3. The molecule has 2 heterocycles. The fraction of sp³-hybridized carbons (Fsp3) is 0.500. The highest BCUT2D eigenvalue weighted by atomic mass is 16.5. The van der Waals surface area contributed by atoms with Crippen molar-refractivity contribution in [2.24, 2.45) is 5.92 Å². The predicted molar refractivity (Wildman–Crippen MR) is 96.3 cm³/mol. The molecule has 0 saturated carbocycles. The third kappa shape index (κ3) is 3.31. The first kappa shape index (κ1) is 17.3. The second-order valence-corrected chi connectivity index (χ2v) is 6.44. The Morgan fingerprint density at radius 3 is 2.60 bits per heavy atom. The van der Waals surface area contributed by atoms with Crippen LogP contribution in [0.5, 0.6) is 11.5 Å². The van der Waals surface area contributed by atoms with E-state index >= 15 is 0 Å². The highest BCUT2D eigenvalue weighted by molar-refractivity contribution is 5.92. The van der Waals surface area contributed by atoms with Crippen molar-refractivity contribution in [3.8, 4) is 11.5 Å². The second kappa shape index (κ2) is 7.13. The maximum absolute atomic E-state index is 12.4. The highest BCUT2D eigenvalue weighted by Crippen LogP contribution is 2.35. The van der Waals surface area contributed by atoms with E-state index in [2.05, 4.69) is 14.9 Å². The third-order valence-corrected chi connectivity index (χ3v) is 4.63. The van der Waals surface area contributed by atoms with Crippen LogP contribution in [-0.2, 0) is 4.79 Å². The Balaban J connectivity index is 1.99. The van der Waals surface area contributed by atoms with Gasteiger partial charge in [0.1, 0.15) is 12.1 Å². The molecule has 1 unspecified atom stereocenters. The summed E-state index contributed by atoms with van der Waals surface area (Å²) in [5.74, 6) is 2.28. The maximum Gasteiger partial charge on any atom is 0.226 e. The lowest BCUT2D eigenvalue weighted by atomic mass is 9.96. The summed E-state index contributed by atoms with van der Waals surface area (Å²) >= 11 is 0. The van der Waals surface area contributed by atoms with Gasteiger partial charge in [-0.05, 0) is 18.9 Å². The molecule has 1 aromatic carbocycles. The highest BCUT2D eigenvalue weighted by Gasteiger charge is 2.28. The summed E-state index contributed by atoms with van der Waals surface area (Å²) < 4.78 is 10.8. The molecule has 25 heavy (non-hydrogen) atoms. The number of ether oxygens (including phenoxy) is 2. The Morgan fingerprint density at radius 2 is 1.92 bits per heavy atom. The summed E-state index contributed by atoms with van der Waals surface area (Å²) in [5.41, 5.74) is 0.795. The standard InChI is InChI=1S/C18H24N4O3/c1-21(2)18(23)12-6-5-7-22(10-12)17-13-8-15(24-3)16(25-4)9-14(13)19-11-20-17/h8-9,11-12H,5-7,10H2,1-4H3. The van der Waals surface area contributed by atoms with Crippen molar-refractivity contribution < 1.29 is 14.3 Å². The van der Waals surface area contributed by atoms with Gasteiger partial charge < -0.3 is 19.3 Å². The lowest BCUT2D eigenvalue weighted by molar-refractivity contribution is -0.133. The molecule has 134 valence electrons. The normalized spacial score (nSPS) is 17.4. The summed E-state index contributed by atoms with van der Waals surface area (Å²) in [6.07, 6.45) is 3.43. The minimum absolute atomic E-state index is 0.00564. The molecule has 2 aromatic rings. The molecule has 0 spiro atoms. The van der Waals surface area contributed by atoms with Gasteiger partial charge in [0.2, 0.25) is 5.91 Å². The monoisotopic (exact) mass is 344 g/mol. The number of hydrogen-bond donors (Lipinski definition) is 0. The van der Waals surface area contributed by atoms with E-state index < -0.39 is 0 Å². The molecule has 1 fully saturated rings. The van der Waals surface area contributed by atoms with Crippen LogP contribution in [-0.4, -0.2) is 62.2 Å². The van der Waals surface area contributed by atoms with E-state index in [4.69, 9.17) is 9.47 Å². The number of nitrogens with zero attached hydrogens (tertiary/aromatic N) is 4. The van der Waals surface area contributed by atoms with Crippen LogP contribution in [0.25, 0.3) is 10.9 Å². The molecule has 1 amide bonds. The van der Waals surface area contributed by atoms with Crippen molar-refractivity contribution in [2.45, 2.75) is 12.8 Å². The molecule has 0 bridgehead atoms. The maximum atomic E-state index is 12.4. The van der Waals surface area contributed by atoms with Gasteiger partial charge in [-0.15, -0.1) is 0 Å². The Bertz CT molecular complexity index is 778. The minimum atomic E-state index is -0.00564. The number of carbonyl (C=O) groups is 1. The molecule has 3 rings (SSSR count). The predicted octanol–water partition coefficient (Wildman–Crippen LogP) is 1.95. The Hall–Kier alpha value is -2.57. The van der Waals surface area contributed by atoms with Gasteiger partial charge in [0, 0.05) is 38.6 Å². The Labute approximate surface area is 147 Å².